The Kier molecular flexibility index (Phi) is 7.52. The van der Waals surface area contributed by atoms with Crippen molar-refractivity contribution >= 4 is 27.5 Å². The fourth-order valence-corrected chi connectivity index (χ4v) is 4.36. The molecule has 0 aliphatic carbocycles. The van der Waals surface area contributed by atoms with Gasteiger partial charge in [0.25, 0.3) is 21.8 Å². The van der Waals surface area contributed by atoms with Crippen LogP contribution in [0.15, 0.2) is 71.6 Å². The van der Waals surface area contributed by atoms with Gasteiger partial charge in [-0.2, -0.15) is 0 Å². The van der Waals surface area contributed by atoms with Crippen LogP contribution in [0.2, 0.25) is 0 Å². The lowest BCUT2D eigenvalue weighted by Gasteiger charge is -2.15. The minimum absolute atomic E-state index is 0.0876. The summed E-state index contributed by atoms with van der Waals surface area (Å²) in [6, 6.07) is 16.5. The molecule has 1 unspecified atom stereocenters. The van der Waals surface area contributed by atoms with E-state index in [9.17, 15) is 22.4 Å². The van der Waals surface area contributed by atoms with Crippen molar-refractivity contribution in [2.24, 2.45) is 0 Å². The number of aryl methyl sites for hydroxylation is 2. The van der Waals surface area contributed by atoms with E-state index in [0.29, 0.717) is 5.56 Å². The van der Waals surface area contributed by atoms with Crippen molar-refractivity contribution in [2.75, 3.05) is 4.72 Å². The number of carbonyl (C=O) groups excluding carboxylic acids is 2. The smallest absolute Gasteiger partial charge is 0.279 e. The Morgan fingerprint density at radius 3 is 2.29 bits per heavy atom. The lowest BCUT2D eigenvalue weighted by Crippen LogP contribution is -2.47. The number of hydrogen-bond acceptors (Lipinski definition) is 5. The number of hydrazine groups is 1. The molecule has 0 radical (unpaired) electrons. The summed E-state index contributed by atoms with van der Waals surface area (Å²) in [6.07, 6.45) is -1.07. The number of halogens is 1. The van der Waals surface area contributed by atoms with Crippen molar-refractivity contribution < 1.29 is 27.1 Å². The second kappa shape index (κ2) is 10.3. The van der Waals surface area contributed by atoms with Gasteiger partial charge in [-0.3, -0.25) is 25.2 Å². The molecule has 0 saturated heterocycles. The lowest BCUT2D eigenvalue weighted by atomic mass is 10.2. The number of anilines is 1. The summed E-state index contributed by atoms with van der Waals surface area (Å²) in [6.45, 7) is 4.92. The first-order valence-electron chi connectivity index (χ1n) is 10.3. The van der Waals surface area contributed by atoms with E-state index in [2.05, 4.69) is 15.6 Å². The van der Waals surface area contributed by atoms with E-state index in [-0.39, 0.29) is 21.9 Å². The van der Waals surface area contributed by atoms with Crippen LogP contribution in [0.3, 0.4) is 0 Å². The zero-order valence-electron chi connectivity index (χ0n) is 18.8. The van der Waals surface area contributed by atoms with Gasteiger partial charge in [-0.25, -0.2) is 12.8 Å². The molecule has 3 N–H and O–H groups in total. The van der Waals surface area contributed by atoms with Crippen molar-refractivity contribution in [3.8, 4) is 5.75 Å². The molecule has 2 amide bonds. The molecule has 0 saturated carbocycles. The molecule has 0 fully saturated rings. The minimum atomic E-state index is -3.81. The molecule has 3 aromatic rings. The lowest BCUT2D eigenvalue weighted by molar-refractivity contribution is -0.128. The maximum Gasteiger partial charge on any atom is 0.279 e. The van der Waals surface area contributed by atoms with Crippen molar-refractivity contribution in [1.82, 2.24) is 10.9 Å². The van der Waals surface area contributed by atoms with Crippen LogP contribution in [0.25, 0.3) is 0 Å². The van der Waals surface area contributed by atoms with Crippen molar-refractivity contribution in [1.29, 1.82) is 0 Å². The van der Waals surface area contributed by atoms with E-state index in [1.807, 2.05) is 6.07 Å². The van der Waals surface area contributed by atoms with Gasteiger partial charge in [0, 0.05) is 11.3 Å². The maximum absolute atomic E-state index is 13.6. The molecule has 178 valence electrons. The first-order valence-corrected chi connectivity index (χ1v) is 11.8. The molecule has 3 rings (SSSR count). The first-order chi connectivity index (χ1) is 16.1. The molecule has 0 aliphatic rings. The fourth-order valence-electron chi connectivity index (χ4n) is 2.97. The molecular formula is C24H24FN3O5S. The third-order valence-electron chi connectivity index (χ3n) is 4.84. The molecule has 0 spiro atoms. The van der Waals surface area contributed by atoms with E-state index in [4.69, 9.17) is 4.74 Å². The number of para-hydroxylation sites is 1. The second-order valence-electron chi connectivity index (χ2n) is 7.59. The molecule has 10 heteroatoms. The van der Waals surface area contributed by atoms with Crippen molar-refractivity contribution in [3.05, 3.63) is 89.2 Å². The van der Waals surface area contributed by atoms with Crippen molar-refractivity contribution in [3.63, 3.8) is 0 Å². The van der Waals surface area contributed by atoms with E-state index < -0.39 is 33.8 Å². The van der Waals surface area contributed by atoms with Crippen LogP contribution >= 0.6 is 0 Å². The van der Waals surface area contributed by atoms with E-state index in [1.54, 1.807) is 32.0 Å². The Morgan fingerprint density at radius 2 is 1.62 bits per heavy atom. The van der Waals surface area contributed by atoms with Crippen LogP contribution in [0, 0.1) is 19.7 Å². The number of benzene rings is 3. The molecule has 0 bridgehead atoms. The highest BCUT2D eigenvalue weighted by Crippen LogP contribution is 2.21. The number of carbonyl (C=O) groups is 2. The van der Waals surface area contributed by atoms with E-state index in [1.165, 1.54) is 49.4 Å². The van der Waals surface area contributed by atoms with Gasteiger partial charge >= 0.3 is 0 Å². The Hall–Kier alpha value is -3.92. The topological polar surface area (TPSA) is 114 Å². The molecule has 0 heterocycles. The molecule has 1 atom stereocenters. The zero-order chi connectivity index (χ0) is 24.9. The maximum atomic E-state index is 13.6. The summed E-state index contributed by atoms with van der Waals surface area (Å²) >= 11 is 0. The monoisotopic (exact) mass is 485 g/mol. The summed E-state index contributed by atoms with van der Waals surface area (Å²) in [4.78, 5) is 24.6. The van der Waals surface area contributed by atoms with Crippen LogP contribution in [-0.2, 0) is 14.8 Å². The number of sulfonamides is 1. The summed E-state index contributed by atoms with van der Waals surface area (Å²) < 4.78 is 46.8. The normalized spacial score (nSPS) is 11.9. The van der Waals surface area contributed by atoms with Gasteiger partial charge in [-0.1, -0.05) is 24.3 Å². The van der Waals surface area contributed by atoms with E-state index >= 15 is 0 Å². The average molecular weight is 486 g/mol. The predicted octanol–water partition coefficient (Wildman–Crippen LogP) is 3.47. The van der Waals surface area contributed by atoms with Crippen LogP contribution < -0.4 is 20.3 Å². The van der Waals surface area contributed by atoms with E-state index in [0.717, 1.165) is 5.56 Å². The number of nitrogens with one attached hydrogen (secondary N) is 3. The van der Waals surface area contributed by atoms with Crippen LogP contribution in [-0.4, -0.2) is 26.3 Å². The minimum Gasteiger partial charge on any atom is -0.478 e. The number of rotatable bonds is 7. The highest BCUT2D eigenvalue weighted by atomic mass is 32.2. The number of amides is 2. The largest absolute Gasteiger partial charge is 0.478 e. The fraction of sp³-hybridized carbons (Fsp3) is 0.167. The molecule has 8 nitrogen and oxygen atoms in total. The van der Waals surface area contributed by atoms with Crippen molar-refractivity contribution in [2.45, 2.75) is 31.8 Å². The first kappa shape index (κ1) is 24.7. The van der Waals surface area contributed by atoms with Crippen LogP contribution in [0.5, 0.6) is 5.75 Å². The molecule has 0 aliphatic heterocycles. The summed E-state index contributed by atoms with van der Waals surface area (Å²) in [5, 5.41) is 0. The van der Waals surface area contributed by atoms with Gasteiger partial charge in [-0.05, 0) is 74.4 Å². The van der Waals surface area contributed by atoms with Gasteiger partial charge < -0.3 is 4.74 Å². The third-order valence-corrected chi connectivity index (χ3v) is 6.36. The Balaban J connectivity index is 1.58. The highest BCUT2D eigenvalue weighted by molar-refractivity contribution is 7.92. The van der Waals surface area contributed by atoms with Gasteiger partial charge in [0.1, 0.15) is 0 Å². The summed E-state index contributed by atoms with van der Waals surface area (Å²) in [5.74, 6) is -2.01. The standard InChI is InChI=1S/C24H24FN3O5S/c1-15-8-9-16(2)22(14-15)34(31,32)28-19-12-10-18(11-13-19)24(30)27-26-23(29)17(3)33-21-7-5-4-6-20(21)25/h4-14,17,28H,1-3H3,(H,26,29)(H,27,30). The highest BCUT2D eigenvalue weighted by Gasteiger charge is 2.19. The quantitative estimate of drug-likeness (QED) is 0.444. The van der Waals surface area contributed by atoms with Crippen LogP contribution in [0.1, 0.15) is 28.4 Å². The SMILES string of the molecule is Cc1ccc(C)c(S(=O)(=O)Nc2ccc(C(=O)NNC(=O)C(C)Oc3ccccc3F)cc2)c1. The van der Waals surface area contributed by atoms with Gasteiger partial charge in [0.15, 0.2) is 17.7 Å². The van der Waals surface area contributed by atoms with Gasteiger partial charge in [0.2, 0.25) is 0 Å². The molecular weight excluding hydrogens is 461 g/mol. The zero-order valence-corrected chi connectivity index (χ0v) is 19.6. The second-order valence-corrected chi connectivity index (χ2v) is 9.24. The summed E-state index contributed by atoms with van der Waals surface area (Å²) in [7, 11) is -3.81. The Labute approximate surface area is 197 Å². The Morgan fingerprint density at radius 1 is 0.941 bits per heavy atom. The molecule has 0 aromatic heterocycles. The third kappa shape index (κ3) is 6.10. The molecule has 3 aromatic carbocycles. The Bertz CT molecular complexity index is 1310. The number of hydrogen-bond donors (Lipinski definition) is 3. The average Bonchev–Trinajstić information content (AvgIpc) is 2.80. The van der Waals surface area contributed by atoms with Gasteiger partial charge in [-0.15, -0.1) is 0 Å². The van der Waals surface area contributed by atoms with Crippen LogP contribution in [0.4, 0.5) is 10.1 Å². The van der Waals surface area contributed by atoms with Gasteiger partial charge in [0.05, 0.1) is 4.90 Å². The number of ether oxygens (including phenoxy) is 1. The summed E-state index contributed by atoms with van der Waals surface area (Å²) in [5.41, 5.74) is 6.32. The molecule has 34 heavy (non-hydrogen) atoms. The predicted molar refractivity (Wildman–Crippen MR) is 125 cm³/mol.